The van der Waals surface area contributed by atoms with E-state index in [1.54, 1.807) is 15.5 Å². The van der Waals surface area contributed by atoms with Gasteiger partial charge in [0.1, 0.15) is 17.8 Å². The number of amides is 2. The number of aromatic nitrogens is 5. The van der Waals surface area contributed by atoms with E-state index in [9.17, 15) is 10.1 Å². The zero-order valence-electron chi connectivity index (χ0n) is 29.4. The summed E-state index contributed by atoms with van der Waals surface area (Å²) in [5, 5.41) is 20.9. The molecule has 264 valence electrons. The second-order valence-corrected chi connectivity index (χ2v) is 14.0. The molecule has 1 spiro atoms. The molecular weight excluding hydrogens is 640 g/mol. The molecule has 51 heavy (non-hydrogen) atoms. The lowest BCUT2D eigenvalue weighted by Gasteiger charge is -2.39. The Balaban J connectivity index is 1.06. The van der Waals surface area contributed by atoms with Crippen molar-refractivity contribution >= 4 is 29.3 Å². The summed E-state index contributed by atoms with van der Waals surface area (Å²) in [6.45, 7) is 2.93. The van der Waals surface area contributed by atoms with Gasteiger partial charge in [0, 0.05) is 56.2 Å². The fourth-order valence-corrected chi connectivity index (χ4v) is 7.65. The third-order valence-electron chi connectivity index (χ3n) is 10.5. The fourth-order valence-electron chi connectivity index (χ4n) is 7.65. The quantitative estimate of drug-likeness (QED) is 0.208. The van der Waals surface area contributed by atoms with Crippen LogP contribution in [0.1, 0.15) is 81.8 Å². The Bertz CT molecular complexity index is 1870. The summed E-state index contributed by atoms with van der Waals surface area (Å²) in [4.78, 5) is 30.4. The first kappa shape index (κ1) is 34.3. The summed E-state index contributed by atoms with van der Waals surface area (Å²) in [7, 11) is 1.89. The number of carbonyl (C=O) groups excluding carboxylic acids is 1. The average Bonchev–Trinajstić information content (AvgIpc) is 3.83. The topological polar surface area (TPSA) is 137 Å². The first-order chi connectivity index (χ1) is 25.0. The number of anilines is 2. The molecule has 3 aromatic heterocycles. The molecule has 0 unspecified atom stereocenters. The number of hydrogen-bond acceptors (Lipinski definition) is 9. The predicted octanol–water partition coefficient (Wildman–Crippen LogP) is 6.51. The van der Waals surface area contributed by atoms with Gasteiger partial charge >= 0.3 is 6.03 Å². The summed E-state index contributed by atoms with van der Waals surface area (Å²) in [5.74, 6) is 1.88. The number of rotatable bonds is 7. The highest BCUT2D eigenvalue weighted by molar-refractivity contribution is 5.87. The van der Waals surface area contributed by atoms with Crippen molar-refractivity contribution in [2.75, 3.05) is 29.9 Å². The lowest BCUT2D eigenvalue weighted by Crippen LogP contribution is -2.44. The van der Waals surface area contributed by atoms with E-state index >= 15 is 0 Å². The zero-order chi connectivity index (χ0) is 35.0. The highest BCUT2D eigenvalue weighted by Crippen LogP contribution is 2.37. The van der Waals surface area contributed by atoms with Crippen molar-refractivity contribution in [3.05, 3.63) is 78.4 Å². The summed E-state index contributed by atoms with van der Waals surface area (Å²) in [6.07, 6.45) is 17.7. The van der Waals surface area contributed by atoms with E-state index in [1.165, 1.54) is 0 Å². The highest BCUT2D eigenvalue weighted by atomic mass is 16.5. The van der Waals surface area contributed by atoms with Gasteiger partial charge in [-0.3, -0.25) is 10.00 Å². The van der Waals surface area contributed by atoms with Crippen molar-refractivity contribution in [1.82, 2.24) is 30.0 Å². The van der Waals surface area contributed by atoms with Crippen molar-refractivity contribution in [3.63, 3.8) is 0 Å². The van der Waals surface area contributed by atoms with Gasteiger partial charge < -0.3 is 15.0 Å². The zero-order valence-corrected chi connectivity index (χ0v) is 29.4. The molecule has 2 aliphatic heterocycles. The van der Waals surface area contributed by atoms with Gasteiger partial charge in [0.25, 0.3) is 5.82 Å². The lowest BCUT2D eigenvalue weighted by molar-refractivity contribution is -0.342. The number of ether oxygens (including phenoxy) is 1. The van der Waals surface area contributed by atoms with Crippen LogP contribution in [0, 0.1) is 11.3 Å². The Hall–Kier alpha value is -5.15. The standard InChI is InChI=1S/C39H46N10O2/c1-47-28-32(27-44-47)30-15-16-35(41-25-30)49(38(50)43-24-29-9-3-2-4-10-29)34-13-6-5-11-33(12-7-14-34)45-37-42-26-31(23-40)36(46-37)48-20-18-39(19-21-48)17-8-22-51-39/h2-4,9-10,15-16,25-28,33H,5-8,11-14,17-22,24H2,1H3,(H-,42,43,45,46,50)/p+1/b49-34-/t33-/m0/s1. The molecule has 12 nitrogen and oxygen atoms in total. The second kappa shape index (κ2) is 15.8. The molecule has 7 rings (SSSR count). The van der Waals surface area contributed by atoms with E-state index in [1.807, 2.05) is 68.1 Å². The number of benzene rings is 1. The molecule has 0 bridgehead atoms. The normalized spacial score (nSPS) is 20.2. The van der Waals surface area contributed by atoms with E-state index in [-0.39, 0.29) is 17.7 Å². The molecular formula is C39H47N10O2+. The number of urea groups is 1. The minimum Gasteiger partial charge on any atom is -0.375 e. The van der Waals surface area contributed by atoms with Gasteiger partial charge in [0.15, 0.2) is 5.82 Å². The van der Waals surface area contributed by atoms with Crippen LogP contribution >= 0.6 is 0 Å². The number of hydrogen-bond donors (Lipinski definition) is 2. The molecule has 1 atom stereocenters. The molecule has 2 amide bonds. The van der Waals surface area contributed by atoms with Crippen molar-refractivity contribution in [2.45, 2.75) is 88.8 Å². The van der Waals surface area contributed by atoms with E-state index in [2.05, 4.69) is 31.7 Å². The van der Waals surface area contributed by atoms with Crippen molar-refractivity contribution in [3.8, 4) is 17.2 Å². The van der Waals surface area contributed by atoms with Crippen LogP contribution in [0.4, 0.5) is 22.4 Å². The fraction of sp³-hybridized carbons (Fsp3) is 0.462. The number of nitrogens with zero attached hydrogens (tertiary/aromatic N) is 8. The molecule has 0 radical (unpaired) electrons. The first-order valence-electron chi connectivity index (χ1n) is 18.3. The summed E-state index contributed by atoms with van der Waals surface area (Å²) < 4.78 is 9.68. The largest absolute Gasteiger partial charge is 0.441 e. The number of aryl methyl sites for hydroxylation is 1. The van der Waals surface area contributed by atoms with Gasteiger partial charge in [-0.15, -0.1) is 4.98 Å². The molecule has 1 aromatic carbocycles. The van der Waals surface area contributed by atoms with Crippen LogP contribution in [0.5, 0.6) is 0 Å². The Labute approximate surface area is 299 Å². The van der Waals surface area contributed by atoms with Crippen molar-refractivity contribution < 1.29 is 14.1 Å². The van der Waals surface area contributed by atoms with Gasteiger partial charge in [-0.05, 0) is 75.8 Å². The minimum atomic E-state index is -0.175. The van der Waals surface area contributed by atoms with E-state index < -0.39 is 0 Å². The first-order valence-corrected chi connectivity index (χ1v) is 18.3. The summed E-state index contributed by atoms with van der Waals surface area (Å²) >= 11 is 0. The van der Waals surface area contributed by atoms with E-state index in [4.69, 9.17) is 14.7 Å². The lowest BCUT2D eigenvalue weighted by atomic mass is 9.88. The molecule has 12 heteroatoms. The molecule has 2 N–H and O–H groups in total. The highest BCUT2D eigenvalue weighted by Gasteiger charge is 2.39. The van der Waals surface area contributed by atoms with E-state index in [0.717, 1.165) is 113 Å². The van der Waals surface area contributed by atoms with Crippen LogP contribution < -0.4 is 15.5 Å². The molecule has 1 saturated carbocycles. The van der Waals surface area contributed by atoms with Crippen LogP contribution in [0.3, 0.4) is 0 Å². The van der Waals surface area contributed by atoms with Crippen LogP contribution in [0.25, 0.3) is 11.1 Å². The number of piperidine rings is 1. The molecule has 2 saturated heterocycles. The van der Waals surface area contributed by atoms with Crippen LogP contribution in [-0.4, -0.2) is 72.4 Å². The van der Waals surface area contributed by atoms with Crippen LogP contribution in [0.15, 0.2) is 67.3 Å². The Kier molecular flexibility index (Phi) is 10.6. The van der Waals surface area contributed by atoms with Crippen LogP contribution in [0.2, 0.25) is 0 Å². The molecule has 3 aliphatic rings. The molecule has 5 heterocycles. The number of pyridine rings is 1. The van der Waals surface area contributed by atoms with Gasteiger partial charge in [-0.2, -0.15) is 19.9 Å². The molecule has 4 aromatic rings. The number of nitriles is 1. The number of carbonyl (C=O) groups is 1. The van der Waals surface area contributed by atoms with Gasteiger partial charge in [0.2, 0.25) is 5.95 Å². The second-order valence-electron chi connectivity index (χ2n) is 14.0. The van der Waals surface area contributed by atoms with Crippen molar-refractivity contribution in [1.29, 1.82) is 5.26 Å². The Morgan fingerprint density at radius 3 is 2.53 bits per heavy atom. The Morgan fingerprint density at radius 1 is 0.980 bits per heavy atom. The third kappa shape index (κ3) is 8.26. The number of nitrogens with one attached hydrogen (secondary N) is 2. The van der Waals surface area contributed by atoms with Gasteiger partial charge in [-0.25, -0.2) is 9.78 Å². The maximum absolute atomic E-state index is 13.9. The summed E-state index contributed by atoms with van der Waals surface area (Å²) in [6, 6.07) is 16.2. The summed E-state index contributed by atoms with van der Waals surface area (Å²) in [5.41, 5.74) is 4.54. The van der Waals surface area contributed by atoms with Crippen molar-refractivity contribution in [2.24, 2.45) is 7.05 Å². The van der Waals surface area contributed by atoms with Gasteiger partial charge in [0.05, 0.1) is 30.3 Å². The average molecular weight is 688 g/mol. The SMILES string of the molecule is Cn1cc(-c2ccc(/[N+](C(=O)NCc3ccccc3)=C3\CCCC[C@H](Nc4ncc(C#N)c(N5CCC6(CCCO6)CC5)n4)CCC3)nc2)cn1. The Morgan fingerprint density at radius 2 is 1.80 bits per heavy atom. The minimum absolute atomic E-state index is 0.00218. The van der Waals surface area contributed by atoms with Gasteiger partial charge in [-0.1, -0.05) is 36.8 Å². The smallest absolute Gasteiger partial charge is 0.375 e. The molecule has 3 fully saturated rings. The molecule has 1 aliphatic carbocycles. The maximum Gasteiger partial charge on any atom is 0.441 e. The predicted molar refractivity (Wildman–Crippen MR) is 196 cm³/mol. The monoisotopic (exact) mass is 687 g/mol. The third-order valence-corrected chi connectivity index (χ3v) is 10.5. The maximum atomic E-state index is 13.9. The van der Waals surface area contributed by atoms with E-state index in [0.29, 0.717) is 29.7 Å². The van der Waals surface area contributed by atoms with Crippen LogP contribution in [-0.2, 0) is 18.3 Å².